The Morgan fingerprint density at radius 2 is 1.49 bits per heavy atom. The second-order valence-electron chi connectivity index (χ2n) is 12.3. The minimum Gasteiger partial charge on any atom is -0.497 e. The number of hydrogen-bond donors (Lipinski definition) is 2. The van der Waals surface area contributed by atoms with Gasteiger partial charge in [0.15, 0.2) is 29.8 Å². The molecule has 0 bridgehead atoms. The number of aliphatic hydroxyl groups excluding tert-OH is 1. The molecule has 2 N–H and O–H groups in total. The Kier molecular flexibility index (Phi) is 10.6. The van der Waals surface area contributed by atoms with Crippen molar-refractivity contribution >= 4 is 22.9 Å². The summed E-state index contributed by atoms with van der Waals surface area (Å²) in [4.78, 5) is 26.0. The molecule has 0 saturated carbocycles. The van der Waals surface area contributed by atoms with E-state index in [1.54, 1.807) is 30.9 Å². The topological polar surface area (TPSA) is 148 Å². The lowest BCUT2D eigenvalue weighted by Crippen LogP contribution is -2.40. The first kappa shape index (κ1) is 35.5. The van der Waals surface area contributed by atoms with E-state index in [1.165, 1.54) is 19.8 Å². The Bertz CT molecular complexity index is 2130. The van der Waals surface area contributed by atoms with Crippen molar-refractivity contribution in [2.45, 2.75) is 30.1 Å². The van der Waals surface area contributed by atoms with Gasteiger partial charge in [-0.15, -0.1) is 0 Å². The molecular formula is C40H39N5O8. The number of carbonyl (C=O) groups excluding carboxylic acids is 1. The molecule has 1 aliphatic rings. The number of para-hydroxylation sites is 1. The lowest BCUT2D eigenvalue weighted by atomic mass is 9.80. The zero-order valence-electron chi connectivity index (χ0n) is 29.4. The van der Waals surface area contributed by atoms with E-state index in [1.807, 2.05) is 97.1 Å². The minimum absolute atomic E-state index is 0.0417. The number of rotatable bonds is 14. The van der Waals surface area contributed by atoms with Crippen LogP contribution in [0.25, 0.3) is 11.2 Å². The molecule has 6 aromatic rings. The van der Waals surface area contributed by atoms with Gasteiger partial charge in [0.1, 0.15) is 47.5 Å². The number of amides is 1. The van der Waals surface area contributed by atoms with Gasteiger partial charge >= 0.3 is 0 Å². The van der Waals surface area contributed by atoms with Crippen LogP contribution in [0.1, 0.15) is 22.9 Å². The van der Waals surface area contributed by atoms with E-state index < -0.39 is 36.0 Å². The first-order valence-corrected chi connectivity index (χ1v) is 16.9. The summed E-state index contributed by atoms with van der Waals surface area (Å²) in [7, 11) is 4.74. The minimum atomic E-state index is -1.15. The number of methoxy groups -OCH3 is 3. The maximum absolute atomic E-state index is 12.8. The number of nitrogens with one attached hydrogen (secondary N) is 1. The number of aliphatic hydroxyl groups is 1. The van der Waals surface area contributed by atoms with Crippen LogP contribution >= 0.6 is 0 Å². The summed E-state index contributed by atoms with van der Waals surface area (Å²) in [6.07, 6.45) is -0.781. The summed E-state index contributed by atoms with van der Waals surface area (Å²) in [5.41, 5.74) is 2.03. The molecule has 53 heavy (non-hydrogen) atoms. The Labute approximate surface area is 306 Å². The molecule has 272 valence electrons. The molecule has 13 heteroatoms. The lowest BCUT2D eigenvalue weighted by molar-refractivity contribution is -0.118. The fourth-order valence-electron chi connectivity index (χ4n) is 6.60. The highest BCUT2D eigenvalue weighted by molar-refractivity contribution is 5.97. The van der Waals surface area contributed by atoms with Crippen molar-refractivity contribution in [2.24, 2.45) is 0 Å². The van der Waals surface area contributed by atoms with Gasteiger partial charge in [-0.3, -0.25) is 9.36 Å². The van der Waals surface area contributed by atoms with Crippen LogP contribution < -0.4 is 19.5 Å². The van der Waals surface area contributed by atoms with Gasteiger partial charge in [0, 0.05) is 7.11 Å². The van der Waals surface area contributed by atoms with E-state index in [0.29, 0.717) is 28.4 Å². The highest BCUT2D eigenvalue weighted by Crippen LogP contribution is 2.43. The van der Waals surface area contributed by atoms with Gasteiger partial charge < -0.3 is 38.8 Å². The van der Waals surface area contributed by atoms with Crippen LogP contribution in [0, 0.1) is 0 Å². The Balaban J connectivity index is 1.18. The van der Waals surface area contributed by atoms with Crippen LogP contribution in [0.15, 0.2) is 122 Å². The van der Waals surface area contributed by atoms with Crippen LogP contribution in [0.2, 0.25) is 0 Å². The molecule has 0 aliphatic carbocycles. The van der Waals surface area contributed by atoms with Crippen LogP contribution in [-0.2, 0) is 24.6 Å². The molecule has 0 unspecified atom stereocenters. The van der Waals surface area contributed by atoms with Gasteiger partial charge in [-0.1, -0.05) is 72.8 Å². The zero-order valence-corrected chi connectivity index (χ0v) is 29.4. The Hall–Kier alpha value is -5.86. The predicted molar refractivity (Wildman–Crippen MR) is 195 cm³/mol. The summed E-state index contributed by atoms with van der Waals surface area (Å²) in [6, 6.07) is 34.3. The van der Waals surface area contributed by atoms with Crippen molar-refractivity contribution in [2.75, 3.05) is 39.9 Å². The van der Waals surface area contributed by atoms with E-state index >= 15 is 0 Å². The second-order valence-corrected chi connectivity index (χ2v) is 12.3. The summed E-state index contributed by atoms with van der Waals surface area (Å²) >= 11 is 0. The van der Waals surface area contributed by atoms with Crippen molar-refractivity contribution in [1.29, 1.82) is 0 Å². The van der Waals surface area contributed by atoms with Crippen molar-refractivity contribution < 1.29 is 38.3 Å². The van der Waals surface area contributed by atoms with Crippen LogP contribution in [-0.4, -0.2) is 83.4 Å². The predicted octanol–water partition coefficient (Wildman–Crippen LogP) is 5.14. The maximum Gasteiger partial charge on any atom is 0.263 e. The third kappa shape index (κ3) is 7.15. The fourth-order valence-corrected chi connectivity index (χ4v) is 6.60. The highest BCUT2D eigenvalue weighted by atomic mass is 16.6. The standard InChI is InChI=1S/C40H39N5O8/c1-48-29-19-17-27(18-20-29)40(26-11-6-4-7-12-26,28-13-10-16-31(21-28)49-2)52-22-32-35(47)36(50-3)39(53-32)45-25-43-34-37(41-24-42-38(34)45)44-33(46)23-51-30-14-8-5-9-15-30/h4-21,24-25,32,35-36,39,47H,22-23H2,1-3H3,(H,41,42,44,46)/t32-,35-,36-,39-,40+/m1/s1. The molecule has 1 saturated heterocycles. The number of imidazole rings is 1. The van der Waals surface area contributed by atoms with E-state index in [0.717, 1.165) is 16.7 Å². The van der Waals surface area contributed by atoms with E-state index in [2.05, 4.69) is 20.3 Å². The van der Waals surface area contributed by atoms with Crippen molar-refractivity contribution in [3.8, 4) is 17.2 Å². The Morgan fingerprint density at radius 3 is 2.21 bits per heavy atom. The smallest absolute Gasteiger partial charge is 0.263 e. The van der Waals surface area contributed by atoms with Crippen LogP contribution in [0.4, 0.5) is 5.82 Å². The first-order valence-electron chi connectivity index (χ1n) is 16.9. The van der Waals surface area contributed by atoms with E-state index in [4.69, 9.17) is 28.4 Å². The normalized spacial score (nSPS) is 19.4. The average molecular weight is 718 g/mol. The van der Waals surface area contributed by atoms with Gasteiger partial charge in [-0.2, -0.15) is 0 Å². The number of hydrogen-bond acceptors (Lipinski definition) is 11. The highest BCUT2D eigenvalue weighted by Gasteiger charge is 2.48. The number of fused-ring (bicyclic) bond motifs is 1. The molecule has 7 rings (SSSR count). The summed E-state index contributed by atoms with van der Waals surface area (Å²) in [6.45, 7) is -0.266. The number of benzene rings is 4. The molecule has 3 heterocycles. The number of nitrogens with zero attached hydrogens (tertiary/aromatic N) is 4. The molecule has 1 fully saturated rings. The SMILES string of the molecule is COc1ccc([C@@](OC[C@H]2O[C@@H](n3cnc4c(NC(=O)COc5ccccc5)ncnc43)[C@H](OC)[C@@H]2O)(c2ccccc2)c2cccc(OC)c2)cc1. The third-order valence-electron chi connectivity index (χ3n) is 9.21. The molecule has 13 nitrogen and oxygen atoms in total. The summed E-state index contributed by atoms with van der Waals surface area (Å²) in [5.74, 6) is 1.70. The van der Waals surface area contributed by atoms with Crippen molar-refractivity contribution in [3.05, 3.63) is 139 Å². The van der Waals surface area contributed by atoms with Gasteiger partial charge in [0.2, 0.25) is 0 Å². The zero-order chi connectivity index (χ0) is 36.8. The van der Waals surface area contributed by atoms with Gasteiger partial charge in [0.05, 0.1) is 27.2 Å². The van der Waals surface area contributed by atoms with Crippen molar-refractivity contribution in [3.63, 3.8) is 0 Å². The molecule has 0 spiro atoms. The molecule has 1 amide bonds. The number of anilines is 1. The number of aromatic nitrogens is 4. The second kappa shape index (κ2) is 15.8. The largest absolute Gasteiger partial charge is 0.497 e. The van der Waals surface area contributed by atoms with Crippen LogP contribution in [0.5, 0.6) is 17.2 Å². The van der Waals surface area contributed by atoms with E-state index in [9.17, 15) is 9.90 Å². The third-order valence-corrected chi connectivity index (χ3v) is 9.21. The van der Waals surface area contributed by atoms with Gasteiger partial charge in [-0.05, 0) is 53.1 Å². The Morgan fingerprint density at radius 1 is 0.811 bits per heavy atom. The first-order chi connectivity index (χ1) is 25.9. The summed E-state index contributed by atoms with van der Waals surface area (Å²) in [5, 5.41) is 14.4. The van der Waals surface area contributed by atoms with E-state index in [-0.39, 0.29) is 19.0 Å². The fraction of sp³-hybridized carbons (Fsp3) is 0.250. The van der Waals surface area contributed by atoms with Crippen molar-refractivity contribution in [1.82, 2.24) is 19.5 Å². The molecular weight excluding hydrogens is 678 g/mol. The number of carbonyl (C=O) groups is 1. The quantitative estimate of drug-likeness (QED) is 0.144. The number of ether oxygens (including phenoxy) is 6. The average Bonchev–Trinajstić information content (AvgIpc) is 3.79. The maximum atomic E-state index is 12.8. The van der Waals surface area contributed by atoms with Gasteiger partial charge in [-0.25, -0.2) is 15.0 Å². The monoisotopic (exact) mass is 717 g/mol. The molecule has 1 aliphatic heterocycles. The van der Waals surface area contributed by atoms with Crippen LogP contribution in [0.3, 0.4) is 0 Å². The lowest BCUT2D eigenvalue weighted by Gasteiger charge is -2.37. The molecule has 5 atom stereocenters. The molecule has 2 aromatic heterocycles. The molecule has 4 aromatic carbocycles. The summed E-state index contributed by atoms with van der Waals surface area (Å²) < 4.78 is 37.7. The molecule has 0 radical (unpaired) electrons. The van der Waals surface area contributed by atoms with Gasteiger partial charge in [0.25, 0.3) is 5.91 Å².